The first kappa shape index (κ1) is 19.1. The Balaban J connectivity index is 1.37. The summed E-state index contributed by atoms with van der Waals surface area (Å²) in [6.07, 6.45) is 5.27. The fraction of sp³-hybridized carbons (Fsp3) is 0.304. The number of likely N-dealkylation sites (tertiary alicyclic amines) is 1. The largest absolute Gasteiger partial charge is 0.493 e. The van der Waals surface area contributed by atoms with Gasteiger partial charge in [-0.2, -0.15) is 0 Å². The lowest BCUT2D eigenvalue weighted by molar-refractivity contribution is -0.127. The van der Waals surface area contributed by atoms with Crippen molar-refractivity contribution in [2.75, 3.05) is 27.3 Å². The van der Waals surface area contributed by atoms with Gasteiger partial charge in [-0.25, -0.2) is 4.98 Å². The second-order valence-electron chi connectivity index (χ2n) is 7.19. The molecule has 29 heavy (non-hydrogen) atoms. The van der Waals surface area contributed by atoms with Gasteiger partial charge in [-0.3, -0.25) is 4.79 Å². The molecule has 1 aliphatic heterocycles. The highest BCUT2D eigenvalue weighted by Gasteiger charge is 2.24. The zero-order valence-corrected chi connectivity index (χ0v) is 16.7. The van der Waals surface area contributed by atoms with E-state index in [0.717, 1.165) is 48.4 Å². The lowest BCUT2D eigenvalue weighted by Gasteiger charge is -2.30. The number of methoxy groups -OCH3 is 2. The number of benzene rings is 2. The molecule has 0 aliphatic carbocycles. The number of hydrogen-bond donors (Lipinski definition) is 1. The Kier molecular flexibility index (Phi) is 5.51. The number of imidazole rings is 1. The van der Waals surface area contributed by atoms with Crippen LogP contribution in [-0.4, -0.2) is 48.1 Å². The molecule has 6 nitrogen and oxygen atoms in total. The average Bonchev–Trinajstić information content (AvgIpc) is 3.21. The summed E-state index contributed by atoms with van der Waals surface area (Å²) in [7, 11) is 3.20. The van der Waals surface area contributed by atoms with Crippen molar-refractivity contribution in [3.05, 3.63) is 59.9 Å². The molecule has 0 bridgehead atoms. The molecule has 150 valence electrons. The topological polar surface area (TPSA) is 67.5 Å². The summed E-state index contributed by atoms with van der Waals surface area (Å²) < 4.78 is 10.6. The molecule has 3 aromatic rings. The number of H-pyrrole nitrogens is 1. The number of amides is 1. The predicted octanol–water partition coefficient (Wildman–Crippen LogP) is 4.00. The summed E-state index contributed by atoms with van der Waals surface area (Å²) in [4.78, 5) is 22.6. The lowest BCUT2D eigenvalue weighted by Crippen LogP contribution is -2.37. The molecule has 0 atom stereocenters. The zero-order chi connectivity index (χ0) is 20.2. The SMILES string of the molecule is COc1ccc(/C=C/C(=O)N2CCC(c3nc4ccccc4[nH]3)CC2)cc1OC. The Labute approximate surface area is 170 Å². The van der Waals surface area contributed by atoms with Crippen LogP contribution in [-0.2, 0) is 4.79 Å². The maximum Gasteiger partial charge on any atom is 0.246 e. The van der Waals surface area contributed by atoms with Crippen LogP contribution in [0.2, 0.25) is 0 Å². The Morgan fingerprint density at radius 1 is 1.10 bits per heavy atom. The normalized spacial score (nSPS) is 15.2. The number of piperidine rings is 1. The van der Waals surface area contributed by atoms with E-state index in [4.69, 9.17) is 14.5 Å². The number of aromatic nitrogens is 2. The third-order valence-electron chi connectivity index (χ3n) is 5.43. The summed E-state index contributed by atoms with van der Waals surface area (Å²) in [5.41, 5.74) is 2.96. The van der Waals surface area contributed by atoms with Gasteiger partial charge in [0.25, 0.3) is 0 Å². The van der Waals surface area contributed by atoms with Gasteiger partial charge in [0.15, 0.2) is 11.5 Å². The van der Waals surface area contributed by atoms with Gasteiger partial charge in [0.1, 0.15) is 5.82 Å². The van der Waals surface area contributed by atoms with Gasteiger partial charge in [0.2, 0.25) is 5.91 Å². The monoisotopic (exact) mass is 391 g/mol. The van der Waals surface area contributed by atoms with Crippen LogP contribution in [0.5, 0.6) is 11.5 Å². The highest BCUT2D eigenvalue weighted by molar-refractivity contribution is 5.92. The first-order valence-electron chi connectivity index (χ1n) is 9.81. The van der Waals surface area contributed by atoms with Crippen LogP contribution in [0.1, 0.15) is 30.1 Å². The molecule has 2 aromatic carbocycles. The Bertz CT molecular complexity index is 1000. The van der Waals surface area contributed by atoms with Crippen molar-refractivity contribution >= 4 is 23.0 Å². The number of aromatic amines is 1. The number of carbonyl (C=O) groups excluding carboxylic acids is 1. The number of fused-ring (bicyclic) bond motifs is 1. The van der Waals surface area contributed by atoms with Gasteiger partial charge < -0.3 is 19.4 Å². The summed E-state index contributed by atoms with van der Waals surface area (Å²) >= 11 is 0. The molecule has 0 radical (unpaired) electrons. The van der Waals surface area contributed by atoms with Crippen molar-refractivity contribution in [2.24, 2.45) is 0 Å². The van der Waals surface area contributed by atoms with Gasteiger partial charge in [-0.1, -0.05) is 18.2 Å². The minimum Gasteiger partial charge on any atom is -0.493 e. The van der Waals surface area contributed by atoms with E-state index in [-0.39, 0.29) is 5.91 Å². The highest BCUT2D eigenvalue weighted by atomic mass is 16.5. The summed E-state index contributed by atoms with van der Waals surface area (Å²) in [6.45, 7) is 1.47. The zero-order valence-electron chi connectivity index (χ0n) is 16.7. The number of hydrogen-bond acceptors (Lipinski definition) is 4. The number of para-hydroxylation sites is 2. The van der Waals surface area contributed by atoms with Gasteiger partial charge in [-0.15, -0.1) is 0 Å². The van der Waals surface area contributed by atoms with Crippen molar-refractivity contribution in [3.8, 4) is 11.5 Å². The van der Waals surface area contributed by atoms with Crippen LogP contribution in [0, 0.1) is 0 Å². The van der Waals surface area contributed by atoms with Gasteiger partial charge in [0.05, 0.1) is 25.3 Å². The van der Waals surface area contributed by atoms with E-state index in [2.05, 4.69) is 4.98 Å². The lowest BCUT2D eigenvalue weighted by atomic mass is 9.96. The van der Waals surface area contributed by atoms with Crippen molar-refractivity contribution < 1.29 is 14.3 Å². The third-order valence-corrected chi connectivity index (χ3v) is 5.43. The Morgan fingerprint density at radius 3 is 2.59 bits per heavy atom. The third kappa shape index (κ3) is 4.11. The van der Waals surface area contributed by atoms with E-state index >= 15 is 0 Å². The second kappa shape index (κ2) is 8.39. The fourth-order valence-corrected chi connectivity index (χ4v) is 3.77. The number of rotatable bonds is 5. The van der Waals surface area contributed by atoms with Gasteiger partial charge in [0, 0.05) is 25.1 Å². The molecule has 1 aromatic heterocycles. The van der Waals surface area contributed by atoms with Crippen molar-refractivity contribution in [1.82, 2.24) is 14.9 Å². The van der Waals surface area contributed by atoms with E-state index < -0.39 is 0 Å². The maximum atomic E-state index is 12.6. The standard InChI is InChI=1S/C23H25N3O3/c1-28-20-9-7-16(15-21(20)29-2)8-10-22(27)26-13-11-17(12-14-26)23-24-18-5-3-4-6-19(18)25-23/h3-10,15,17H,11-14H2,1-2H3,(H,24,25)/b10-8+. The molecule has 0 unspecified atom stereocenters. The average molecular weight is 391 g/mol. The highest BCUT2D eigenvalue weighted by Crippen LogP contribution is 2.29. The molecule has 2 heterocycles. The van der Waals surface area contributed by atoms with Crippen LogP contribution < -0.4 is 9.47 Å². The van der Waals surface area contributed by atoms with Gasteiger partial charge in [-0.05, 0) is 48.7 Å². The maximum absolute atomic E-state index is 12.6. The molecule has 1 amide bonds. The molecule has 1 fully saturated rings. The van der Waals surface area contributed by atoms with Crippen LogP contribution in [0.3, 0.4) is 0 Å². The van der Waals surface area contributed by atoms with Crippen LogP contribution in [0.15, 0.2) is 48.5 Å². The quantitative estimate of drug-likeness (QED) is 0.668. The minimum absolute atomic E-state index is 0.0304. The van der Waals surface area contributed by atoms with Crippen LogP contribution in [0.25, 0.3) is 17.1 Å². The molecule has 6 heteroatoms. The molecule has 1 N–H and O–H groups in total. The van der Waals surface area contributed by atoms with E-state index in [1.54, 1.807) is 20.3 Å². The molecule has 0 saturated carbocycles. The summed E-state index contributed by atoms with van der Waals surface area (Å²) in [6, 6.07) is 13.7. The number of carbonyl (C=O) groups is 1. The first-order chi connectivity index (χ1) is 14.2. The van der Waals surface area contributed by atoms with Crippen molar-refractivity contribution in [1.29, 1.82) is 0 Å². The van der Waals surface area contributed by atoms with Crippen LogP contribution >= 0.6 is 0 Å². The molecule has 1 aliphatic rings. The Hall–Kier alpha value is -3.28. The first-order valence-corrected chi connectivity index (χ1v) is 9.81. The predicted molar refractivity (Wildman–Crippen MR) is 113 cm³/mol. The fourth-order valence-electron chi connectivity index (χ4n) is 3.77. The second-order valence-corrected chi connectivity index (χ2v) is 7.19. The van der Waals surface area contributed by atoms with E-state index in [9.17, 15) is 4.79 Å². The van der Waals surface area contributed by atoms with Crippen LogP contribution in [0.4, 0.5) is 0 Å². The molecule has 0 spiro atoms. The molecule has 1 saturated heterocycles. The van der Waals surface area contributed by atoms with Crippen molar-refractivity contribution in [2.45, 2.75) is 18.8 Å². The molecular formula is C23H25N3O3. The molecule has 4 rings (SSSR count). The van der Waals surface area contributed by atoms with Crippen molar-refractivity contribution in [3.63, 3.8) is 0 Å². The van der Waals surface area contributed by atoms with Gasteiger partial charge >= 0.3 is 0 Å². The number of nitrogens with one attached hydrogen (secondary N) is 1. The smallest absolute Gasteiger partial charge is 0.246 e. The Morgan fingerprint density at radius 2 is 1.86 bits per heavy atom. The summed E-state index contributed by atoms with van der Waals surface area (Å²) in [5.74, 6) is 2.74. The molecular weight excluding hydrogens is 366 g/mol. The van der Waals surface area contributed by atoms with E-state index in [0.29, 0.717) is 17.4 Å². The van der Waals surface area contributed by atoms with E-state index in [1.807, 2.05) is 53.4 Å². The summed E-state index contributed by atoms with van der Waals surface area (Å²) in [5, 5.41) is 0. The van der Waals surface area contributed by atoms with E-state index in [1.165, 1.54) is 0 Å². The minimum atomic E-state index is 0.0304. The number of nitrogens with zero attached hydrogens (tertiary/aromatic N) is 2. The number of ether oxygens (including phenoxy) is 2.